The Hall–Kier alpha value is -2.38. The molecule has 0 heterocycles. The van der Waals surface area contributed by atoms with Crippen LogP contribution in [0, 0.1) is 0 Å². The predicted octanol–water partition coefficient (Wildman–Crippen LogP) is 2.07. The molecule has 1 aliphatic rings. The average molecular weight is 360 g/mol. The largest absolute Gasteiger partial charge is 0.497 e. The fourth-order valence-electron chi connectivity index (χ4n) is 2.30. The first-order valence-corrected chi connectivity index (χ1v) is 9.50. The summed E-state index contributed by atoms with van der Waals surface area (Å²) >= 11 is 0. The zero-order chi connectivity index (χ0) is 17.9. The summed E-state index contributed by atoms with van der Waals surface area (Å²) in [5.41, 5.74) is 1.36. The Labute approximate surface area is 147 Å². The zero-order valence-electron chi connectivity index (χ0n) is 13.9. The molecule has 6 nitrogen and oxygen atoms in total. The smallest absolute Gasteiger partial charge is 0.251 e. The Kier molecular flexibility index (Phi) is 5.06. The monoisotopic (exact) mass is 360 g/mol. The second-order valence-corrected chi connectivity index (χ2v) is 7.66. The van der Waals surface area contributed by atoms with E-state index >= 15 is 0 Å². The van der Waals surface area contributed by atoms with Crippen LogP contribution in [0.25, 0.3) is 0 Å². The summed E-state index contributed by atoms with van der Waals surface area (Å²) in [6.45, 7) is 0.381. The molecule has 0 aliphatic heterocycles. The topological polar surface area (TPSA) is 84.5 Å². The molecular formula is C18H20N2O4S. The van der Waals surface area contributed by atoms with Crippen molar-refractivity contribution in [1.82, 2.24) is 10.0 Å². The standard InChI is InChI=1S/C18H20N2O4S/c1-24-16-8-2-13(3-9-16)12-19-18(21)14-4-10-17(11-5-14)25(22,23)20-15-6-7-15/h2-5,8-11,15,20H,6-7,12H2,1H3,(H,19,21). The molecule has 0 atom stereocenters. The number of amides is 1. The number of nitrogens with one attached hydrogen (secondary N) is 2. The van der Waals surface area contributed by atoms with Crippen LogP contribution in [-0.2, 0) is 16.6 Å². The molecule has 1 fully saturated rings. The van der Waals surface area contributed by atoms with Gasteiger partial charge in [-0.1, -0.05) is 12.1 Å². The first-order valence-electron chi connectivity index (χ1n) is 8.01. The number of benzene rings is 2. The van der Waals surface area contributed by atoms with Gasteiger partial charge in [0.15, 0.2) is 0 Å². The van der Waals surface area contributed by atoms with E-state index in [2.05, 4.69) is 10.0 Å². The molecule has 2 N–H and O–H groups in total. The van der Waals surface area contributed by atoms with Crippen molar-refractivity contribution < 1.29 is 17.9 Å². The normalized spacial score (nSPS) is 14.1. The van der Waals surface area contributed by atoms with Crippen molar-refractivity contribution in [3.63, 3.8) is 0 Å². The minimum absolute atomic E-state index is 0.0532. The molecule has 1 amide bonds. The lowest BCUT2D eigenvalue weighted by Crippen LogP contribution is -2.26. The molecule has 2 aromatic carbocycles. The molecule has 0 radical (unpaired) electrons. The molecule has 25 heavy (non-hydrogen) atoms. The van der Waals surface area contributed by atoms with E-state index in [0.29, 0.717) is 12.1 Å². The van der Waals surface area contributed by atoms with Gasteiger partial charge in [0.05, 0.1) is 12.0 Å². The number of sulfonamides is 1. The Morgan fingerprint density at radius 1 is 1.08 bits per heavy atom. The molecule has 0 spiro atoms. The van der Waals surface area contributed by atoms with Gasteiger partial charge in [0.1, 0.15) is 5.75 Å². The second-order valence-electron chi connectivity index (χ2n) is 5.95. The van der Waals surface area contributed by atoms with Crippen LogP contribution >= 0.6 is 0 Å². The Morgan fingerprint density at radius 3 is 2.28 bits per heavy atom. The molecule has 1 saturated carbocycles. The van der Waals surface area contributed by atoms with Crippen LogP contribution in [0.5, 0.6) is 5.75 Å². The molecular weight excluding hydrogens is 340 g/mol. The lowest BCUT2D eigenvalue weighted by Gasteiger charge is -2.08. The minimum Gasteiger partial charge on any atom is -0.497 e. The third kappa shape index (κ3) is 4.58. The number of ether oxygens (including phenoxy) is 1. The average Bonchev–Trinajstić information content (AvgIpc) is 3.43. The SMILES string of the molecule is COc1ccc(CNC(=O)c2ccc(S(=O)(=O)NC3CC3)cc2)cc1. The van der Waals surface area contributed by atoms with E-state index < -0.39 is 10.0 Å². The van der Waals surface area contributed by atoms with Crippen molar-refractivity contribution in [2.75, 3.05) is 7.11 Å². The highest BCUT2D eigenvalue weighted by Crippen LogP contribution is 2.22. The number of hydrogen-bond donors (Lipinski definition) is 2. The summed E-state index contributed by atoms with van der Waals surface area (Å²) < 4.78 is 31.9. The molecule has 0 unspecified atom stereocenters. The predicted molar refractivity (Wildman–Crippen MR) is 93.9 cm³/mol. The second kappa shape index (κ2) is 7.25. The molecule has 2 aromatic rings. The van der Waals surface area contributed by atoms with Crippen molar-refractivity contribution >= 4 is 15.9 Å². The van der Waals surface area contributed by atoms with Gasteiger partial charge in [-0.3, -0.25) is 4.79 Å². The molecule has 132 valence electrons. The van der Waals surface area contributed by atoms with Gasteiger partial charge in [-0.25, -0.2) is 13.1 Å². The van der Waals surface area contributed by atoms with Gasteiger partial charge in [0.2, 0.25) is 10.0 Å². The van der Waals surface area contributed by atoms with E-state index in [1.807, 2.05) is 24.3 Å². The quantitative estimate of drug-likeness (QED) is 0.792. The van der Waals surface area contributed by atoms with Crippen molar-refractivity contribution in [2.24, 2.45) is 0 Å². The van der Waals surface area contributed by atoms with E-state index in [-0.39, 0.29) is 16.8 Å². The first kappa shape index (κ1) is 17.4. The number of carbonyl (C=O) groups excluding carboxylic acids is 1. The lowest BCUT2D eigenvalue weighted by molar-refractivity contribution is 0.0951. The highest BCUT2D eigenvalue weighted by Gasteiger charge is 2.27. The number of methoxy groups -OCH3 is 1. The summed E-state index contributed by atoms with van der Waals surface area (Å²) in [6.07, 6.45) is 1.76. The fourth-order valence-corrected chi connectivity index (χ4v) is 3.61. The maximum atomic E-state index is 12.2. The van der Waals surface area contributed by atoms with E-state index in [4.69, 9.17) is 4.74 Å². The highest BCUT2D eigenvalue weighted by molar-refractivity contribution is 7.89. The first-order chi connectivity index (χ1) is 12.0. The van der Waals surface area contributed by atoms with Crippen molar-refractivity contribution in [1.29, 1.82) is 0 Å². The van der Waals surface area contributed by atoms with Gasteiger partial charge in [-0.2, -0.15) is 0 Å². The third-order valence-corrected chi connectivity index (χ3v) is 5.47. The molecule has 7 heteroatoms. The van der Waals surface area contributed by atoms with Crippen LogP contribution in [-0.4, -0.2) is 27.5 Å². The lowest BCUT2D eigenvalue weighted by atomic mass is 10.2. The highest BCUT2D eigenvalue weighted by atomic mass is 32.2. The van der Waals surface area contributed by atoms with Crippen LogP contribution in [0.4, 0.5) is 0 Å². The number of hydrogen-bond acceptors (Lipinski definition) is 4. The summed E-state index contributed by atoms with van der Waals surface area (Å²) in [5, 5.41) is 2.81. The molecule has 0 saturated heterocycles. The maximum Gasteiger partial charge on any atom is 0.251 e. The summed E-state index contributed by atoms with van der Waals surface area (Å²) in [6, 6.07) is 13.4. The van der Waals surface area contributed by atoms with Gasteiger partial charge in [0, 0.05) is 18.2 Å². The van der Waals surface area contributed by atoms with E-state index in [1.54, 1.807) is 7.11 Å². The fraction of sp³-hybridized carbons (Fsp3) is 0.278. The molecule has 0 bridgehead atoms. The zero-order valence-corrected chi connectivity index (χ0v) is 14.7. The van der Waals surface area contributed by atoms with Crippen LogP contribution < -0.4 is 14.8 Å². The minimum atomic E-state index is -3.49. The van der Waals surface area contributed by atoms with Gasteiger partial charge in [-0.15, -0.1) is 0 Å². The van der Waals surface area contributed by atoms with Gasteiger partial charge < -0.3 is 10.1 Å². The van der Waals surface area contributed by atoms with Crippen LogP contribution in [0.2, 0.25) is 0 Å². The van der Waals surface area contributed by atoms with Gasteiger partial charge in [0.25, 0.3) is 5.91 Å². The molecule has 1 aliphatic carbocycles. The summed E-state index contributed by atoms with van der Waals surface area (Å²) in [5.74, 6) is 0.501. The van der Waals surface area contributed by atoms with Crippen molar-refractivity contribution in [3.8, 4) is 5.75 Å². The van der Waals surface area contributed by atoms with Gasteiger partial charge in [-0.05, 0) is 54.8 Å². The Morgan fingerprint density at radius 2 is 1.72 bits per heavy atom. The van der Waals surface area contributed by atoms with Crippen molar-refractivity contribution in [3.05, 3.63) is 59.7 Å². The van der Waals surface area contributed by atoms with E-state index in [0.717, 1.165) is 24.2 Å². The molecule has 0 aromatic heterocycles. The van der Waals surface area contributed by atoms with Crippen molar-refractivity contribution in [2.45, 2.75) is 30.3 Å². The van der Waals surface area contributed by atoms with E-state index in [1.165, 1.54) is 24.3 Å². The number of rotatable bonds is 7. The summed E-state index contributed by atoms with van der Waals surface area (Å²) in [4.78, 5) is 12.4. The molecule has 3 rings (SSSR count). The third-order valence-electron chi connectivity index (χ3n) is 3.94. The summed E-state index contributed by atoms with van der Waals surface area (Å²) in [7, 11) is -1.90. The Balaban J connectivity index is 1.60. The Bertz CT molecular complexity index is 842. The van der Waals surface area contributed by atoms with Gasteiger partial charge >= 0.3 is 0 Å². The van der Waals surface area contributed by atoms with Crippen LogP contribution in [0.15, 0.2) is 53.4 Å². The van der Waals surface area contributed by atoms with Crippen LogP contribution in [0.1, 0.15) is 28.8 Å². The van der Waals surface area contributed by atoms with Crippen LogP contribution in [0.3, 0.4) is 0 Å². The maximum absolute atomic E-state index is 12.2. The van der Waals surface area contributed by atoms with E-state index in [9.17, 15) is 13.2 Å². The number of carbonyl (C=O) groups is 1.